The first kappa shape index (κ1) is 9.43. The Labute approximate surface area is 72.5 Å². The summed E-state index contributed by atoms with van der Waals surface area (Å²) < 4.78 is 24.6. The van der Waals surface area contributed by atoms with Gasteiger partial charge in [0.15, 0.2) is 0 Å². The summed E-state index contributed by atoms with van der Waals surface area (Å²) in [5.41, 5.74) is 5.28. The van der Waals surface area contributed by atoms with Gasteiger partial charge < -0.3 is 11.1 Å². The van der Waals surface area contributed by atoms with Crippen LogP contribution in [0.5, 0.6) is 0 Å². The van der Waals surface area contributed by atoms with Gasteiger partial charge in [-0.25, -0.2) is 9.48 Å². The van der Waals surface area contributed by atoms with Crippen molar-refractivity contribution in [3.63, 3.8) is 0 Å². The van der Waals surface area contributed by atoms with Crippen molar-refractivity contribution in [3.05, 3.63) is 11.9 Å². The molecule has 0 aliphatic heterocycles. The molecule has 1 aromatic rings. The molecule has 0 saturated carbocycles. The number of aromatic nitrogens is 2. The largest absolute Gasteiger partial charge is 0.351 e. The molecule has 1 rings (SSSR count). The summed E-state index contributed by atoms with van der Waals surface area (Å²) >= 11 is 0. The highest BCUT2D eigenvalue weighted by Gasteiger charge is 2.11. The van der Waals surface area contributed by atoms with Gasteiger partial charge in [0.05, 0.1) is 17.6 Å². The third-order valence-electron chi connectivity index (χ3n) is 1.37. The van der Waals surface area contributed by atoms with Crippen molar-refractivity contribution in [1.29, 1.82) is 0 Å². The lowest BCUT2D eigenvalue weighted by Gasteiger charge is -1.96. The second-order valence-corrected chi connectivity index (χ2v) is 2.38. The van der Waals surface area contributed by atoms with E-state index in [0.29, 0.717) is 10.4 Å². The second kappa shape index (κ2) is 3.38. The van der Waals surface area contributed by atoms with Crippen molar-refractivity contribution in [3.8, 4) is 0 Å². The van der Waals surface area contributed by atoms with Crippen molar-refractivity contribution in [2.45, 2.75) is 13.5 Å². The SMILES string of the molecule is Cc1nn(C(F)F)cc1NC(N)=O. The average molecular weight is 190 g/mol. The molecule has 0 radical (unpaired) electrons. The van der Waals surface area contributed by atoms with Crippen LogP contribution in [0.25, 0.3) is 0 Å². The molecule has 0 aliphatic rings. The number of urea groups is 1. The molecule has 3 N–H and O–H groups in total. The fourth-order valence-electron chi connectivity index (χ4n) is 0.837. The van der Waals surface area contributed by atoms with Gasteiger partial charge in [-0.3, -0.25) is 0 Å². The minimum absolute atomic E-state index is 0.188. The van der Waals surface area contributed by atoms with E-state index in [1.54, 1.807) is 0 Å². The number of alkyl halides is 2. The highest BCUT2D eigenvalue weighted by atomic mass is 19.3. The van der Waals surface area contributed by atoms with Crippen molar-refractivity contribution in [1.82, 2.24) is 9.78 Å². The van der Waals surface area contributed by atoms with Crippen LogP contribution >= 0.6 is 0 Å². The van der Waals surface area contributed by atoms with E-state index >= 15 is 0 Å². The van der Waals surface area contributed by atoms with Crippen LogP contribution in [-0.2, 0) is 0 Å². The zero-order valence-corrected chi connectivity index (χ0v) is 6.79. The van der Waals surface area contributed by atoms with E-state index in [-0.39, 0.29) is 5.69 Å². The number of hydrogen-bond donors (Lipinski definition) is 2. The summed E-state index contributed by atoms with van der Waals surface area (Å²) in [6.45, 7) is -1.23. The highest BCUT2D eigenvalue weighted by molar-refractivity contribution is 5.88. The Hall–Kier alpha value is -1.66. The van der Waals surface area contributed by atoms with E-state index in [1.807, 2.05) is 0 Å². The number of primary amides is 1. The van der Waals surface area contributed by atoms with Crippen molar-refractivity contribution < 1.29 is 13.6 Å². The number of rotatable bonds is 2. The number of hydrogen-bond acceptors (Lipinski definition) is 2. The second-order valence-electron chi connectivity index (χ2n) is 2.38. The molecule has 13 heavy (non-hydrogen) atoms. The lowest BCUT2D eigenvalue weighted by molar-refractivity contribution is 0.0563. The monoisotopic (exact) mass is 190 g/mol. The molecule has 0 aromatic carbocycles. The van der Waals surface area contributed by atoms with E-state index in [4.69, 9.17) is 5.73 Å². The molecule has 2 amide bonds. The summed E-state index contributed by atoms with van der Waals surface area (Å²) in [5, 5.41) is 5.63. The molecule has 0 aliphatic carbocycles. The maximum absolute atomic E-state index is 12.1. The van der Waals surface area contributed by atoms with Crippen LogP contribution in [0.3, 0.4) is 0 Å². The number of anilines is 1. The molecule has 1 aromatic heterocycles. The van der Waals surface area contributed by atoms with Crippen LogP contribution in [0.15, 0.2) is 6.20 Å². The predicted octanol–water partition coefficient (Wildman–Crippen LogP) is 1.08. The number of amides is 2. The van der Waals surface area contributed by atoms with Crippen LogP contribution in [0.2, 0.25) is 0 Å². The minimum atomic E-state index is -2.72. The first-order valence-electron chi connectivity index (χ1n) is 3.41. The Kier molecular flexibility index (Phi) is 2.45. The molecule has 0 bridgehead atoms. The van der Waals surface area contributed by atoms with Gasteiger partial charge in [-0.05, 0) is 6.92 Å². The molecular weight excluding hydrogens is 182 g/mol. The van der Waals surface area contributed by atoms with Crippen LogP contribution in [0, 0.1) is 6.92 Å². The maximum atomic E-state index is 12.1. The summed E-state index contributed by atoms with van der Waals surface area (Å²) in [6, 6.07) is -0.808. The normalized spacial score (nSPS) is 10.5. The number of nitrogens with one attached hydrogen (secondary N) is 1. The Morgan fingerprint density at radius 1 is 1.77 bits per heavy atom. The third kappa shape index (κ3) is 2.14. The van der Waals surface area contributed by atoms with Crippen molar-refractivity contribution in [2.24, 2.45) is 5.73 Å². The molecule has 7 heteroatoms. The lowest BCUT2D eigenvalue weighted by Crippen LogP contribution is -2.19. The zero-order valence-electron chi connectivity index (χ0n) is 6.79. The van der Waals surface area contributed by atoms with Crippen LogP contribution < -0.4 is 11.1 Å². The van der Waals surface area contributed by atoms with E-state index in [9.17, 15) is 13.6 Å². The molecule has 0 saturated heterocycles. The number of aryl methyl sites for hydroxylation is 1. The fourth-order valence-corrected chi connectivity index (χ4v) is 0.837. The van der Waals surface area contributed by atoms with E-state index < -0.39 is 12.6 Å². The number of halogens is 2. The van der Waals surface area contributed by atoms with Gasteiger partial charge in [0, 0.05) is 0 Å². The summed E-state index contributed by atoms with van der Waals surface area (Å²) in [4.78, 5) is 10.4. The Morgan fingerprint density at radius 3 is 2.77 bits per heavy atom. The van der Waals surface area contributed by atoms with Crippen LogP contribution in [0.1, 0.15) is 12.2 Å². The summed E-state index contributed by atoms with van der Waals surface area (Å²) in [6.07, 6.45) is 1.02. The number of nitrogens with zero attached hydrogens (tertiary/aromatic N) is 2. The number of nitrogens with two attached hydrogens (primary N) is 1. The Morgan fingerprint density at radius 2 is 2.38 bits per heavy atom. The van der Waals surface area contributed by atoms with E-state index in [0.717, 1.165) is 6.20 Å². The summed E-state index contributed by atoms with van der Waals surface area (Å²) in [5.74, 6) is 0. The van der Waals surface area contributed by atoms with Crippen molar-refractivity contribution in [2.75, 3.05) is 5.32 Å². The first-order chi connectivity index (χ1) is 6.00. The highest BCUT2D eigenvalue weighted by Crippen LogP contribution is 2.16. The minimum Gasteiger partial charge on any atom is -0.351 e. The molecule has 1 heterocycles. The Balaban J connectivity index is 2.89. The number of carbonyl (C=O) groups excluding carboxylic acids is 1. The van der Waals surface area contributed by atoms with Gasteiger partial charge in [0.1, 0.15) is 0 Å². The topological polar surface area (TPSA) is 72.9 Å². The first-order valence-corrected chi connectivity index (χ1v) is 3.41. The lowest BCUT2D eigenvalue weighted by atomic mass is 10.4. The van der Waals surface area contributed by atoms with Crippen LogP contribution in [-0.4, -0.2) is 15.8 Å². The fraction of sp³-hybridized carbons (Fsp3) is 0.333. The molecule has 0 atom stereocenters. The third-order valence-corrected chi connectivity index (χ3v) is 1.37. The van der Waals surface area contributed by atoms with Gasteiger partial charge in [0.25, 0.3) is 0 Å². The number of carbonyl (C=O) groups is 1. The zero-order chi connectivity index (χ0) is 10.0. The standard InChI is InChI=1S/C6H8F2N4O/c1-3-4(10-6(9)13)2-12(11-3)5(7)8/h2,5H,1H3,(H3,9,10,13). The van der Waals surface area contributed by atoms with E-state index in [2.05, 4.69) is 10.4 Å². The predicted molar refractivity (Wildman–Crippen MR) is 41.4 cm³/mol. The quantitative estimate of drug-likeness (QED) is 0.732. The van der Waals surface area contributed by atoms with Gasteiger partial charge >= 0.3 is 12.6 Å². The van der Waals surface area contributed by atoms with Crippen LogP contribution in [0.4, 0.5) is 19.3 Å². The van der Waals surface area contributed by atoms with Gasteiger partial charge in [-0.15, -0.1) is 0 Å². The molecule has 0 fully saturated rings. The van der Waals surface area contributed by atoms with Gasteiger partial charge in [-0.1, -0.05) is 0 Å². The molecule has 0 spiro atoms. The molecule has 5 nitrogen and oxygen atoms in total. The summed E-state index contributed by atoms with van der Waals surface area (Å²) in [7, 11) is 0. The Bertz CT molecular complexity index is 322. The maximum Gasteiger partial charge on any atom is 0.333 e. The molecular formula is C6H8F2N4O. The van der Waals surface area contributed by atoms with Gasteiger partial charge in [0.2, 0.25) is 0 Å². The van der Waals surface area contributed by atoms with Crippen molar-refractivity contribution >= 4 is 11.7 Å². The van der Waals surface area contributed by atoms with E-state index in [1.165, 1.54) is 6.92 Å². The van der Waals surface area contributed by atoms with Gasteiger partial charge in [-0.2, -0.15) is 13.9 Å². The molecule has 72 valence electrons. The smallest absolute Gasteiger partial charge is 0.333 e. The average Bonchev–Trinajstić information content (AvgIpc) is 2.31. The molecule has 0 unspecified atom stereocenters.